The summed E-state index contributed by atoms with van der Waals surface area (Å²) in [7, 11) is 0. The van der Waals surface area contributed by atoms with E-state index in [1.165, 1.54) is 24.2 Å². The van der Waals surface area contributed by atoms with E-state index in [1.54, 1.807) is 16.6 Å². The molecule has 0 atom stereocenters. The van der Waals surface area contributed by atoms with Crippen LogP contribution in [0, 0.1) is 5.82 Å². The predicted molar refractivity (Wildman–Crippen MR) is 91.8 cm³/mol. The molecule has 3 rings (SSSR count). The molecule has 0 saturated carbocycles. The molecule has 8 heteroatoms. The van der Waals surface area contributed by atoms with Crippen LogP contribution in [-0.4, -0.2) is 24.3 Å². The molecule has 23 heavy (non-hydrogen) atoms. The molecule has 0 fully saturated rings. The van der Waals surface area contributed by atoms with Crippen molar-refractivity contribution in [1.82, 2.24) is 19.6 Å². The van der Waals surface area contributed by atoms with Gasteiger partial charge in [-0.2, -0.15) is 19.6 Å². The third kappa shape index (κ3) is 3.16. The summed E-state index contributed by atoms with van der Waals surface area (Å²) in [5.74, 6) is -0.102. The number of halogens is 3. The highest BCUT2D eigenvalue weighted by Gasteiger charge is 2.26. The summed E-state index contributed by atoms with van der Waals surface area (Å²) in [6, 6.07) is 4.51. The molecule has 0 saturated heterocycles. The maximum atomic E-state index is 14.4. The Morgan fingerprint density at radius 2 is 1.91 bits per heavy atom. The molecule has 0 aliphatic heterocycles. The van der Waals surface area contributed by atoms with Crippen molar-refractivity contribution in [3.05, 3.63) is 40.5 Å². The summed E-state index contributed by atoms with van der Waals surface area (Å²) < 4.78 is 15.8. The smallest absolute Gasteiger partial charge is 0.206 e. The van der Waals surface area contributed by atoms with Crippen molar-refractivity contribution in [2.45, 2.75) is 30.5 Å². The summed E-state index contributed by atoms with van der Waals surface area (Å²) in [5.41, 5.74) is 0.642. The standard InChI is InChI=1S/C15H13Cl2FN4S/c1-15(2,3)23-13-11(10-8(16)5-4-6-9(10)18)12(17)21-14-19-7-20-22(13)14/h4-7H,1-3H3. The average Bonchev–Trinajstić information content (AvgIpc) is 2.87. The Morgan fingerprint density at radius 1 is 1.17 bits per heavy atom. The Labute approximate surface area is 147 Å². The number of thioether (sulfide) groups is 1. The Kier molecular flexibility index (Phi) is 4.25. The molecule has 0 bridgehead atoms. The van der Waals surface area contributed by atoms with E-state index in [0.717, 1.165) is 0 Å². The molecule has 0 aliphatic carbocycles. The maximum Gasteiger partial charge on any atom is 0.254 e. The van der Waals surface area contributed by atoms with Gasteiger partial charge in [-0.15, -0.1) is 0 Å². The van der Waals surface area contributed by atoms with Crippen LogP contribution in [0.25, 0.3) is 16.9 Å². The second-order valence-electron chi connectivity index (χ2n) is 5.87. The maximum absolute atomic E-state index is 14.4. The largest absolute Gasteiger partial charge is 0.254 e. The molecule has 120 valence electrons. The van der Waals surface area contributed by atoms with Crippen molar-refractivity contribution in [3.63, 3.8) is 0 Å². The van der Waals surface area contributed by atoms with Crippen LogP contribution in [0.15, 0.2) is 29.6 Å². The van der Waals surface area contributed by atoms with E-state index in [-0.39, 0.29) is 20.5 Å². The van der Waals surface area contributed by atoms with Gasteiger partial charge in [0.25, 0.3) is 5.78 Å². The van der Waals surface area contributed by atoms with Gasteiger partial charge in [0.05, 0.1) is 10.6 Å². The van der Waals surface area contributed by atoms with Crippen LogP contribution >= 0.6 is 35.0 Å². The van der Waals surface area contributed by atoms with Gasteiger partial charge in [-0.3, -0.25) is 0 Å². The molecule has 3 aromatic rings. The lowest BCUT2D eigenvalue weighted by atomic mass is 10.1. The zero-order valence-corrected chi connectivity index (χ0v) is 15.0. The van der Waals surface area contributed by atoms with E-state index in [2.05, 4.69) is 15.1 Å². The fourth-order valence-electron chi connectivity index (χ4n) is 2.12. The zero-order valence-electron chi connectivity index (χ0n) is 12.6. The number of benzene rings is 1. The molecule has 0 amide bonds. The number of hydrogen-bond acceptors (Lipinski definition) is 4. The molecule has 2 aromatic heterocycles. The van der Waals surface area contributed by atoms with Gasteiger partial charge in [-0.05, 0) is 12.1 Å². The molecule has 0 unspecified atom stereocenters. The topological polar surface area (TPSA) is 43.1 Å². The molecule has 0 aliphatic rings. The summed E-state index contributed by atoms with van der Waals surface area (Å²) in [4.78, 5) is 8.27. The minimum absolute atomic E-state index is 0.143. The molecule has 0 N–H and O–H groups in total. The predicted octanol–water partition coefficient (Wildman–Crippen LogP) is 5.13. The molecule has 4 nitrogen and oxygen atoms in total. The van der Waals surface area contributed by atoms with Gasteiger partial charge in [0.2, 0.25) is 0 Å². The Morgan fingerprint density at radius 3 is 2.57 bits per heavy atom. The van der Waals surface area contributed by atoms with Crippen molar-refractivity contribution in [1.29, 1.82) is 0 Å². The molecular formula is C15H13Cl2FN4S. The highest BCUT2D eigenvalue weighted by Crippen LogP contribution is 2.44. The molecule has 0 spiro atoms. The van der Waals surface area contributed by atoms with Crippen LogP contribution in [0.4, 0.5) is 4.39 Å². The fourth-order valence-corrected chi connectivity index (χ4v) is 3.79. The lowest BCUT2D eigenvalue weighted by Gasteiger charge is -2.21. The normalized spacial score (nSPS) is 12.1. The van der Waals surface area contributed by atoms with Gasteiger partial charge < -0.3 is 0 Å². The third-order valence-electron chi connectivity index (χ3n) is 2.96. The Bertz CT molecular complexity index is 869. The van der Waals surface area contributed by atoms with Gasteiger partial charge in [0.15, 0.2) is 0 Å². The van der Waals surface area contributed by atoms with Gasteiger partial charge in [-0.25, -0.2) is 4.39 Å². The van der Waals surface area contributed by atoms with E-state index in [0.29, 0.717) is 16.4 Å². The molecular weight excluding hydrogens is 358 g/mol. The Balaban J connectivity index is 2.39. The highest BCUT2D eigenvalue weighted by atomic mass is 35.5. The number of fused-ring (bicyclic) bond motifs is 1. The second kappa shape index (κ2) is 5.92. The molecule has 2 heterocycles. The van der Waals surface area contributed by atoms with Crippen molar-refractivity contribution < 1.29 is 4.39 Å². The Hall–Kier alpha value is -1.37. The van der Waals surface area contributed by atoms with E-state index in [4.69, 9.17) is 23.2 Å². The number of aromatic nitrogens is 4. The van der Waals surface area contributed by atoms with Crippen LogP contribution in [0.2, 0.25) is 10.2 Å². The van der Waals surface area contributed by atoms with Gasteiger partial charge >= 0.3 is 0 Å². The van der Waals surface area contributed by atoms with E-state index < -0.39 is 5.82 Å². The number of hydrogen-bond donors (Lipinski definition) is 0. The number of rotatable bonds is 2. The lowest BCUT2D eigenvalue weighted by molar-refractivity contribution is 0.630. The lowest BCUT2D eigenvalue weighted by Crippen LogP contribution is -2.11. The summed E-state index contributed by atoms with van der Waals surface area (Å²) in [6.45, 7) is 6.13. The van der Waals surface area contributed by atoms with Crippen LogP contribution in [-0.2, 0) is 0 Å². The van der Waals surface area contributed by atoms with Crippen LogP contribution in [0.1, 0.15) is 20.8 Å². The van der Waals surface area contributed by atoms with Crippen molar-refractivity contribution in [2.75, 3.05) is 0 Å². The highest BCUT2D eigenvalue weighted by molar-refractivity contribution is 8.00. The van der Waals surface area contributed by atoms with Gasteiger partial charge in [0, 0.05) is 10.3 Å². The fraction of sp³-hybridized carbons (Fsp3) is 0.267. The van der Waals surface area contributed by atoms with E-state index in [1.807, 2.05) is 20.8 Å². The first-order valence-corrected chi connectivity index (χ1v) is 8.38. The van der Waals surface area contributed by atoms with Gasteiger partial charge in [-0.1, -0.05) is 61.8 Å². The first-order valence-electron chi connectivity index (χ1n) is 6.80. The second-order valence-corrected chi connectivity index (χ2v) is 8.45. The summed E-state index contributed by atoms with van der Waals surface area (Å²) >= 11 is 14.1. The van der Waals surface area contributed by atoms with Crippen molar-refractivity contribution in [3.8, 4) is 11.1 Å². The minimum Gasteiger partial charge on any atom is -0.206 e. The number of nitrogens with zero attached hydrogens (tertiary/aromatic N) is 4. The quantitative estimate of drug-likeness (QED) is 0.463. The van der Waals surface area contributed by atoms with Crippen LogP contribution < -0.4 is 0 Å². The van der Waals surface area contributed by atoms with E-state index in [9.17, 15) is 4.39 Å². The van der Waals surface area contributed by atoms with E-state index >= 15 is 0 Å². The summed E-state index contributed by atoms with van der Waals surface area (Å²) in [5, 5.41) is 5.25. The third-order valence-corrected chi connectivity index (χ3v) is 4.73. The zero-order chi connectivity index (χ0) is 16.8. The SMILES string of the molecule is CC(C)(C)Sc1c(-c2c(F)cccc2Cl)c(Cl)nc2ncnn12. The van der Waals surface area contributed by atoms with Crippen molar-refractivity contribution >= 4 is 40.7 Å². The van der Waals surface area contributed by atoms with Gasteiger partial charge in [0.1, 0.15) is 22.3 Å². The van der Waals surface area contributed by atoms with Crippen LogP contribution in [0.3, 0.4) is 0 Å². The summed E-state index contributed by atoms with van der Waals surface area (Å²) in [6.07, 6.45) is 1.39. The van der Waals surface area contributed by atoms with Crippen LogP contribution in [0.5, 0.6) is 0 Å². The first kappa shape index (κ1) is 16.5. The monoisotopic (exact) mass is 370 g/mol. The molecule has 1 aromatic carbocycles. The minimum atomic E-state index is -0.462. The van der Waals surface area contributed by atoms with Crippen molar-refractivity contribution in [2.24, 2.45) is 0 Å². The first-order chi connectivity index (χ1) is 10.8. The molecule has 0 radical (unpaired) electrons. The average molecular weight is 371 g/mol.